The summed E-state index contributed by atoms with van der Waals surface area (Å²) in [6.45, 7) is 2.60. The Kier molecular flexibility index (Phi) is 5.67. The van der Waals surface area contributed by atoms with E-state index in [9.17, 15) is 9.59 Å². The van der Waals surface area contributed by atoms with Gasteiger partial charge in [0.25, 0.3) is 5.56 Å². The van der Waals surface area contributed by atoms with Crippen LogP contribution in [0.1, 0.15) is 41.9 Å². The Morgan fingerprint density at radius 1 is 1.00 bits per heavy atom. The number of nitrogens with one attached hydrogen (secondary N) is 1. The number of nitrogens with zero attached hydrogens (tertiary/aromatic N) is 3. The van der Waals surface area contributed by atoms with Crippen molar-refractivity contribution in [2.24, 2.45) is 0 Å². The van der Waals surface area contributed by atoms with Gasteiger partial charge in [0, 0.05) is 16.0 Å². The number of amides is 1. The van der Waals surface area contributed by atoms with Gasteiger partial charge < -0.3 is 5.32 Å². The lowest BCUT2D eigenvalue weighted by Crippen LogP contribution is -2.34. The average Bonchev–Trinajstić information content (AvgIpc) is 3.49. The summed E-state index contributed by atoms with van der Waals surface area (Å²) in [5.74, 6) is 0.498. The summed E-state index contributed by atoms with van der Waals surface area (Å²) in [6, 6.07) is 13.9. The first-order chi connectivity index (χ1) is 16.7. The van der Waals surface area contributed by atoms with Crippen molar-refractivity contribution in [3.8, 4) is 0 Å². The largest absolute Gasteiger partial charge is 0.324 e. The molecule has 6 nitrogen and oxygen atoms in total. The van der Waals surface area contributed by atoms with E-state index in [1.165, 1.54) is 29.7 Å². The highest BCUT2D eigenvalue weighted by Crippen LogP contribution is 2.34. The van der Waals surface area contributed by atoms with Crippen LogP contribution in [0, 0.1) is 0 Å². The van der Waals surface area contributed by atoms with Gasteiger partial charge in [0.05, 0.1) is 11.9 Å². The zero-order chi connectivity index (χ0) is 23.1. The summed E-state index contributed by atoms with van der Waals surface area (Å²) < 4.78 is 1.63. The number of rotatable bonds is 5. The third-order valence-corrected chi connectivity index (χ3v) is 8.27. The monoisotopic (exact) mass is 472 g/mol. The van der Waals surface area contributed by atoms with Gasteiger partial charge in [-0.2, -0.15) is 0 Å². The van der Waals surface area contributed by atoms with Crippen LogP contribution in [0.5, 0.6) is 0 Å². The standard InChI is InChI=1S/C27H28N4O2S/c32-24(28-21-12-7-9-18-8-1-2-10-19(18)21)17-31-23(16-30-14-5-6-15-30)29-26-25(27(31)33)20-11-3-4-13-22(20)34-26/h1-2,7-10,12H,3-6,11,13-17H2,(H,28,32). The Morgan fingerprint density at radius 2 is 1.79 bits per heavy atom. The number of likely N-dealkylation sites (tertiary alicyclic amines) is 1. The molecule has 3 heterocycles. The van der Waals surface area contributed by atoms with E-state index in [1.54, 1.807) is 15.9 Å². The van der Waals surface area contributed by atoms with Crippen molar-refractivity contribution in [3.63, 3.8) is 0 Å². The van der Waals surface area contributed by atoms with Gasteiger partial charge in [-0.3, -0.25) is 19.1 Å². The number of hydrogen-bond donors (Lipinski definition) is 1. The van der Waals surface area contributed by atoms with Crippen LogP contribution in [0.4, 0.5) is 5.69 Å². The number of carbonyl (C=O) groups is 1. The van der Waals surface area contributed by atoms with Crippen LogP contribution in [-0.2, 0) is 30.7 Å². The molecule has 0 spiro atoms. The first-order valence-electron chi connectivity index (χ1n) is 12.2. The van der Waals surface area contributed by atoms with Crippen LogP contribution in [0.15, 0.2) is 47.3 Å². The molecule has 2 aromatic heterocycles. The number of anilines is 1. The Balaban J connectivity index is 1.38. The normalized spacial score (nSPS) is 16.2. The molecule has 1 amide bonds. The summed E-state index contributed by atoms with van der Waals surface area (Å²) in [6.07, 6.45) is 6.57. The molecule has 0 bridgehead atoms. The second-order valence-electron chi connectivity index (χ2n) is 9.37. The topological polar surface area (TPSA) is 67.2 Å². The van der Waals surface area contributed by atoms with Crippen LogP contribution in [-0.4, -0.2) is 33.4 Å². The van der Waals surface area contributed by atoms with E-state index in [0.717, 1.165) is 59.0 Å². The van der Waals surface area contributed by atoms with Crippen LogP contribution >= 0.6 is 11.3 Å². The van der Waals surface area contributed by atoms with E-state index in [-0.39, 0.29) is 18.0 Å². The van der Waals surface area contributed by atoms with Crippen LogP contribution < -0.4 is 10.9 Å². The third-order valence-electron chi connectivity index (χ3n) is 7.08. The second-order valence-corrected chi connectivity index (χ2v) is 10.5. The zero-order valence-corrected chi connectivity index (χ0v) is 20.0. The maximum atomic E-state index is 13.8. The number of hydrogen-bond acceptors (Lipinski definition) is 5. The van der Waals surface area contributed by atoms with E-state index in [0.29, 0.717) is 12.4 Å². The molecule has 1 fully saturated rings. The molecule has 1 aliphatic heterocycles. The van der Waals surface area contributed by atoms with E-state index < -0.39 is 0 Å². The molecule has 1 N–H and O–H groups in total. The van der Waals surface area contributed by atoms with Crippen molar-refractivity contribution in [2.45, 2.75) is 51.6 Å². The van der Waals surface area contributed by atoms with Crippen molar-refractivity contribution < 1.29 is 4.79 Å². The van der Waals surface area contributed by atoms with Crippen molar-refractivity contribution in [1.29, 1.82) is 0 Å². The Morgan fingerprint density at radius 3 is 2.68 bits per heavy atom. The molecule has 0 unspecified atom stereocenters. The average molecular weight is 473 g/mol. The molecule has 2 aromatic carbocycles. The fraction of sp³-hybridized carbons (Fsp3) is 0.370. The Bertz CT molecular complexity index is 1440. The summed E-state index contributed by atoms with van der Waals surface area (Å²) in [5.41, 5.74) is 1.87. The van der Waals surface area contributed by atoms with E-state index in [2.05, 4.69) is 10.2 Å². The minimum Gasteiger partial charge on any atom is -0.324 e. The first kappa shape index (κ1) is 21.5. The predicted molar refractivity (Wildman–Crippen MR) is 138 cm³/mol. The summed E-state index contributed by atoms with van der Waals surface area (Å²) in [5, 5.41) is 5.85. The zero-order valence-electron chi connectivity index (χ0n) is 19.2. The van der Waals surface area contributed by atoms with Gasteiger partial charge in [0.1, 0.15) is 17.2 Å². The second kappa shape index (κ2) is 8.96. The minimum absolute atomic E-state index is 0.0290. The fourth-order valence-corrected chi connectivity index (χ4v) is 6.64. The molecule has 4 aromatic rings. The lowest BCUT2D eigenvalue weighted by atomic mass is 9.97. The van der Waals surface area contributed by atoms with Gasteiger partial charge in [-0.25, -0.2) is 4.98 Å². The molecule has 0 atom stereocenters. The van der Waals surface area contributed by atoms with Crippen LogP contribution in [0.3, 0.4) is 0 Å². The SMILES string of the molecule is O=C(Cn1c(CN2CCCC2)nc2sc3c(c2c1=O)CCCC3)Nc1cccc2ccccc12. The fourth-order valence-electron chi connectivity index (χ4n) is 5.37. The highest BCUT2D eigenvalue weighted by atomic mass is 32.1. The summed E-state index contributed by atoms with van der Waals surface area (Å²) >= 11 is 1.67. The molecule has 0 radical (unpaired) electrons. The quantitative estimate of drug-likeness (QED) is 0.456. The number of thiophene rings is 1. The highest BCUT2D eigenvalue weighted by Gasteiger charge is 2.24. The summed E-state index contributed by atoms with van der Waals surface area (Å²) in [4.78, 5) is 36.5. The molecule has 1 saturated heterocycles. The Hall–Kier alpha value is -3.03. The number of benzene rings is 2. The first-order valence-corrected chi connectivity index (χ1v) is 13.0. The molecule has 174 valence electrons. The van der Waals surface area contributed by atoms with Gasteiger partial charge >= 0.3 is 0 Å². The molecule has 1 aliphatic carbocycles. The molecular weight excluding hydrogens is 444 g/mol. The van der Waals surface area contributed by atoms with Gasteiger partial charge in [-0.15, -0.1) is 11.3 Å². The third kappa shape index (κ3) is 3.93. The van der Waals surface area contributed by atoms with Crippen LogP contribution in [0.2, 0.25) is 0 Å². The van der Waals surface area contributed by atoms with E-state index >= 15 is 0 Å². The van der Waals surface area contributed by atoms with Gasteiger partial charge in [-0.1, -0.05) is 36.4 Å². The number of aryl methyl sites for hydroxylation is 2. The lowest BCUT2D eigenvalue weighted by Gasteiger charge is -2.18. The maximum absolute atomic E-state index is 13.8. The lowest BCUT2D eigenvalue weighted by molar-refractivity contribution is -0.116. The van der Waals surface area contributed by atoms with Gasteiger partial charge in [-0.05, 0) is 68.6 Å². The molecule has 0 saturated carbocycles. The minimum atomic E-state index is -0.202. The van der Waals surface area contributed by atoms with Crippen molar-refractivity contribution in [3.05, 3.63) is 69.1 Å². The number of aromatic nitrogens is 2. The van der Waals surface area contributed by atoms with Crippen LogP contribution in [0.25, 0.3) is 21.0 Å². The number of fused-ring (bicyclic) bond motifs is 4. The molecule has 6 rings (SSSR count). The maximum Gasteiger partial charge on any atom is 0.263 e. The summed E-state index contributed by atoms with van der Waals surface area (Å²) in [7, 11) is 0. The molecular formula is C27H28N4O2S. The van der Waals surface area contributed by atoms with Crippen molar-refractivity contribution in [2.75, 3.05) is 18.4 Å². The Labute approximate surface area is 202 Å². The molecule has 34 heavy (non-hydrogen) atoms. The van der Waals surface area contributed by atoms with E-state index in [4.69, 9.17) is 4.98 Å². The van der Waals surface area contributed by atoms with Crippen molar-refractivity contribution >= 4 is 43.9 Å². The predicted octanol–water partition coefficient (Wildman–Crippen LogP) is 4.72. The smallest absolute Gasteiger partial charge is 0.263 e. The number of carbonyl (C=O) groups excluding carboxylic acids is 1. The molecule has 2 aliphatic rings. The molecule has 7 heteroatoms. The van der Waals surface area contributed by atoms with Gasteiger partial charge in [0.15, 0.2) is 0 Å². The highest BCUT2D eigenvalue weighted by molar-refractivity contribution is 7.18. The van der Waals surface area contributed by atoms with Gasteiger partial charge in [0.2, 0.25) is 5.91 Å². The van der Waals surface area contributed by atoms with Crippen molar-refractivity contribution in [1.82, 2.24) is 14.5 Å². The van der Waals surface area contributed by atoms with E-state index in [1.807, 2.05) is 42.5 Å².